The summed E-state index contributed by atoms with van der Waals surface area (Å²) >= 11 is 0. The number of carbonyl (C=O) groups excluding carboxylic acids is 3. The maximum atomic E-state index is 14.9. The van der Waals surface area contributed by atoms with E-state index in [0.29, 0.717) is 32.1 Å². The van der Waals surface area contributed by atoms with Gasteiger partial charge in [-0.25, -0.2) is 8.96 Å². The summed E-state index contributed by atoms with van der Waals surface area (Å²) in [7, 11) is -2.83. The zero-order valence-electron chi connectivity index (χ0n) is 36.7. The number of fused-ring (bicyclic) bond motifs is 2. The topological polar surface area (TPSA) is 162 Å². The lowest BCUT2D eigenvalue weighted by Crippen LogP contribution is -2.41. The standard InChI is InChI=1S/C49H62FN4O7P/c1-48(2)37-24-15-17-27-40(37)53(5)44(48)30-12-7-13-31-45-49(3,4)38-25-16-18-28-41(38)54(45)34-20-8-10-22-35(55)21-9-6-11-26-39(51)47(57)52-33-32-42(56)46(50)36-23-14-19-29-43(36)61-62(58,59)60/h7,12-19,23-25,27-31,39,46H,6,8-11,20-22,26,32-34,51H2,1-5H3,(H2-,52,57,58,59,60)/p+1. The number of allylic oxidation sites excluding steroid dienone is 6. The molecule has 332 valence electrons. The van der Waals surface area contributed by atoms with Crippen LogP contribution in [0.15, 0.2) is 109 Å². The molecule has 2 aliphatic rings. The van der Waals surface area contributed by atoms with Crippen LogP contribution in [0.4, 0.5) is 15.8 Å². The quantitative estimate of drug-likeness (QED) is 0.0315. The molecule has 3 aromatic carbocycles. The molecule has 0 saturated carbocycles. The molecular formula is C49H63FN4O7P+. The number of halogens is 1. The van der Waals surface area contributed by atoms with E-state index >= 15 is 0 Å². The third-order valence-electron chi connectivity index (χ3n) is 12.0. The number of phosphoric ester groups is 1. The molecular weight excluding hydrogens is 807 g/mol. The number of hydrogen-bond acceptors (Lipinski definition) is 7. The van der Waals surface area contributed by atoms with Crippen molar-refractivity contribution in [3.63, 3.8) is 0 Å². The fourth-order valence-corrected chi connectivity index (χ4v) is 8.99. The van der Waals surface area contributed by atoms with E-state index in [-0.39, 0.29) is 35.1 Å². The molecule has 0 aromatic heterocycles. The number of anilines is 1. The van der Waals surface area contributed by atoms with Crippen molar-refractivity contribution >= 4 is 42.4 Å². The fraction of sp³-hybridized carbons (Fsp3) is 0.429. The Kier molecular flexibility index (Phi) is 16.6. The molecule has 11 nitrogen and oxygen atoms in total. The van der Waals surface area contributed by atoms with E-state index < -0.39 is 37.5 Å². The normalized spacial score (nSPS) is 17.1. The first-order valence-corrected chi connectivity index (χ1v) is 23.2. The van der Waals surface area contributed by atoms with Gasteiger partial charge in [0.25, 0.3) is 0 Å². The van der Waals surface area contributed by atoms with Crippen molar-refractivity contribution in [1.82, 2.24) is 5.32 Å². The highest BCUT2D eigenvalue weighted by Gasteiger charge is 2.42. The van der Waals surface area contributed by atoms with E-state index in [4.69, 9.17) is 15.5 Å². The highest BCUT2D eigenvalue weighted by atomic mass is 31.2. The van der Waals surface area contributed by atoms with Crippen molar-refractivity contribution in [2.24, 2.45) is 5.73 Å². The summed E-state index contributed by atoms with van der Waals surface area (Å²) < 4.78 is 32.9. The van der Waals surface area contributed by atoms with Crippen LogP contribution < -0.4 is 20.5 Å². The highest BCUT2D eigenvalue weighted by Crippen LogP contribution is 2.48. The number of unbranched alkanes of at least 4 members (excludes halogenated alkanes) is 4. The third-order valence-corrected chi connectivity index (χ3v) is 12.4. The Balaban J connectivity index is 0.987. The number of carbonyl (C=O) groups is 3. The molecule has 0 spiro atoms. The zero-order chi connectivity index (χ0) is 45.1. The number of ketones is 2. The lowest BCUT2D eigenvalue weighted by atomic mass is 9.81. The maximum Gasteiger partial charge on any atom is 0.524 e. The molecule has 3 aromatic rings. The first kappa shape index (κ1) is 48.0. The molecule has 2 heterocycles. The van der Waals surface area contributed by atoms with E-state index in [1.807, 2.05) is 0 Å². The van der Waals surface area contributed by atoms with Crippen LogP contribution in [0.1, 0.15) is 115 Å². The van der Waals surface area contributed by atoms with Gasteiger partial charge in [0.2, 0.25) is 11.6 Å². The number of rotatable bonds is 23. The van der Waals surface area contributed by atoms with Gasteiger partial charge in [-0.2, -0.15) is 4.58 Å². The van der Waals surface area contributed by atoms with Crippen LogP contribution in [0, 0.1) is 0 Å². The van der Waals surface area contributed by atoms with Gasteiger partial charge in [-0.3, -0.25) is 24.2 Å². The lowest BCUT2D eigenvalue weighted by Gasteiger charge is -2.27. The second kappa shape index (κ2) is 21.4. The number of nitrogens with zero attached hydrogens (tertiary/aromatic N) is 2. The van der Waals surface area contributed by atoms with Crippen molar-refractivity contribution in [3.05, 3.63) is 126 Å². The van der Waals surface area contributed by atoms with E-state index in [9.17, 15) is 23.3 Å². The molecule has 62 heavy (non-hydrogen) atoms. The van der Waals surface area contributed by atoms with Gasteiger partial charge >= 0.3 is 7.82 Å². The van der Waals surface area contributed by atoms with Crippen LogP contribution >= 0.6 is 7.82 Å². The minimum absolute atomic E-state index is 0.0718. The summed E-state index contributed by atoms with van der Waals surface area (Å²) in [5.74, 6) is -1.55. The molecule has 0 bridgehead atoms. The SMILES string of the molecule is C[N+]1=C(C=CC=CC=C2N(CCCCCC(=O)CCCCCC(N)C(=O)NCCC(=O)C(F)c3ccccc3OP(=O)(O)O)c3ccccc3C2(C)C)C(C)(C)c2ccccc21. The molecule has 5 rings (SSSR count). The monoisotopic (exact) mass is 869 g/mol. The van der Waals surface area contributed by atoms with Crippen molar-refractivity contribution in [2.45, 2.75) is 115 Å². The summed E-state index contributed by atoms with van der Waals surface area (Å²) in [6.45, 7) is 9.83. The Bertz CT molecular complexity index is 2260. The number of amides is 1. The number of phosphoric acid groups is 1. The number of nitrogens with one attached hydrogen (secondary N) is 1. The fourth-order valence-electron chi connectivity index (χ4n) is 8.57. The summed E-state index contributed by atoms with van der Waals surface area (Å²) in [4.78, 5) is 58.2. The molecule has 0 radical (unpaired) electrons. The van der Waals surface area contributed by atoms with Gasteiger partial charge in [0, 0.05) is 72.4 Å². The predicted octanol–water partition coefficient (Wildman–Crippen LogP) is 9.15. The number of benzene rings is 3. The zero-order valence-corrected chi connectivity index (χ0v) is 37.6. The van der Waals surface area contributed by atoms with Crippen LogP contribution in [0.5, 0.6) is 5.75 Å². The maximum absolute atomic E-state index is 14.9. The smallest absolute Gasteiger partial charge is 0.404 e. The molecule has 13 heteroatoms. The largest absolute Gasteiger partial charge is 0.524 e. The molecule has 1 amide bonds. The number of para-hydroxylation sites is 3. The first-order valence-electron chi connectivity index (χ1n) is 21.6. The van der Waals surface area contributed by atoms with Crippen LogP contribution in [-0.2, 0) is 29.8 Å². The Morgan fingerprint density at radius 1 is 0.839 bits per heavy atom. The highest BCUT2D eigenvalue weighted by molar-refractivity contribution is 7.46. The number of Topliss-reactive ketones (excluding diaryl/α,β-unsaturated/α-hetero) is 2. The van der Waals surface area contributed by atoms with Gasteiger partial charge in [-0.05, 0) is 63.3 Å². The van der Waals surface area contributed by atoms with E-state index in [2.05, 4.69) is 133 Å². The molecule has 2 atom stereocenters. The summed E-state index contributed by atoms with van der Waals surface area (Å²) in [5, 5.41) is 2.55. The van der Waals surface area contributed by atoms with Crippen LogP contribution in [0.2, 0.25) is 0 Å². The number of nitrogens with two attached hydrogens (primary N) is 1. The van der Waals surface area contributed by atoms with Gasteiger partial charge in [0.15, 0.2) is 17.7 Å². The average molecular weight is 870 g/mol. The Morgan fingerprint density at radius 2 is 1.48 bits per heavy atom. The van der Waals surface area contributed by atoms with Crippen LogP contribution in [-0.4, -0.2) is 63.7 Å². The van der Waals surface area contributed by atoms with Crippen molar-refractivity contribution < 1.29 is 42.2 Å². The van der Waals surface area contributed by atoms with Gasteiger partial charge in [0.1, 0.15) is 18.6 Å². The minimum atomic E-state index is -4.96. The lowest BCUT2D eigenvalue weighted by molar-refractivity contribution is -0.401. The van der Waals surface area contributed by atoms with Gasteiger partial charge < -0.3 is 20.5 Å². The second-order valence-electron chi connectivity index (χ2n) is 17.2. The molecule has 2 aliphatic heterocycles. The summed E-state index contributed by atoms with van der Waals surface area (Å²) in [5.41, 5.74) is 13.2. The molecule has 2 unspecified atom stereocenters. The average Bonchev–Trinajstić information content (AvgIpc) is 3.56. The molecule has 5 N–H and O–H groups in total. The van der Waals surface area contributed by atoms with Gasteiger partial charge in [-0.1, -0.05) is 106 Å². The van der Waals surface area contributed by atoms with Crippen molar-refractivity contribution in [2.75, 3.05) is 25.0 Å². The second-order valence-corrected chi connectivity index (χ2v) is 18.4. The van der Waals surface area contributed by atoms with E-state index in [1.54, 1.807) is 0 Å². The summed E-state index contributed by atoms with van der Waals surface area (Å²) in [6.07, 6.45) is 14.6. The van der Waals surface area contributed by atoms with Gasteiger partial charge in [-0.15, -0.1) is 0 Å². The Labute approximate surface area is 365 Å². The Hall–Kier alpha value is -5.00. The molecule has 0 aliphatic carbocycles. The van der Waals surface area contributed by atoms with Gasteiger partial charge in [0.05, 0.1) is 11.5 Å². The van der Waals surface area contributed by atoms with E-state index in [1.165, 1.54) is 52.1 Å². The minimum Gasteiger partial charge on any atom is -0.404 e. The van der Waals surface area contributed by atoms with Crippen molar-refractivity contribution in [1.29, 1.82) is 0 Å². The predicted molar refractivity (Wildman–Crippen MR) is 244 cm³/mol. The number of hydrogen-bond donors (Lipinski definition) is 4. The Morgan fingerprint density at radius 3 is 2.19 bits per heavy atom. The summed E-state index contributed by atoms with van der Waals surface area (Å²) in [6, 6.07) is 21.5. The van der Waals surface area contributed by atoms with Crippen LogP contribution in [0.25, 0.3) is 0 Å². The van der Waals surface area contributed by atoms with E-state index in [0.717, 1.165) is 38.3 Å². The first-order chi connectivity index (χ1) is 29.4. The van der Waals surface area contributed by atoms with Crippen LogP contribution in [0.3, 0.4) is 0 Å². The van der Waals surface area contributed by atoms with Crippen molar-refractivity contribution in [3.8, 4) is 5.75 Å². The molecule has 0 saturated heterocycles. The molecule has 0 fully saturated rings. The number of alkyl halides is 1. The third kappa shape index (κ3) is 12.1.